The van der Waals surface area contributed by atoms with Crippen LogP contribution in [0.25, 0.3) is 10.9 Å². The molecule has 1 aromatic carbocycles. The molecule has 0 spiro atoms. The third kappa shape index (κ3) is 5.06. The molecular formula is C20H31N3O3Si. The molecule has 0 atom stereocenters. The number of aromatic hydroxyl groups is 1. The van der Waals surface area contributed by atoms with Gasteiger partial charge in [0.2, 0.25) is 0 Å². The number of hydrogen-bond acceptors (Lipinski definition) is 6. The summed E-state index contributed by atoms with van der Waals surface area (Å²) in [4.78, 5) is 9.34. The highest BCUT2D eigenvalue weighted by molar-refractivity contribution is 6.65. The standard InChI is InChI=1S/C20H31N3O3Si/c1-25-27(3,26-2)15-5-10-22-11-13-23(14-12-22)16-17-7-8-19(24)20-18(17)6-4-9-21-20/h4,6-9,24H,5,10-16H2,1-3H3. The minimum absolute atomic E-state index is 0.252. The van der Waals surface area contributed by atoms with Crippen LogP contribution in [0.3, 0.4) is 0 Å². The number of piperazine rings is 1. The minimum Gasteiger partial charge on any atom is -0.506 e. The molecule has 2 heterocycles. The molecule has 0 amide bonds. The van der Waals surface area contributed by atoms with Crippen molar-refractivity contribution < 1.29 is 14.0 Å². The van der Waals surface area contributed by atoms with Gasteiger partial charge in [-0.15, -0.1) is 0 Å². The molecule has 6 nitrogen and oxygen atoms in total. The van der Waals surface area contributed by atoms with Crippen molar-refractivity contribution in [3.63, 3.8) is 0 Å². The smallest absolute Gasteiger partial charge is 0.334 e. The summed E-state index contributed by atoms with van der Waals surface area (Å²) < 4.78 is 11.1. The lowest BCUT2D eigenvalue weighted by Crippen LogP contribution is -2.46. The van der Waals surface area contributed by atoms with E-state index in [0.29, 0.717) is 5.52 Å². The minimum atomic E-state index is -1.94. The van der Waals surface area contributed by atoms with E-state index in [2.05, 4.69) is 21.3 Å². The lowest BCUT2D eigenvalue weighted by atomic mass is 10.1. The Bertz CT molecular complexity index is 746. The second-order valence-corrected chi connectivity index (χ2v) is 11.0. The maximum Gasteiger partial charge on any atom is 0.334 e. The molecule has 3 rings (SSSR count). The second-order valence-electron chi connectivity index (χ2n) is 7.41. The van der Waals surface area contributed by atoms with Gasteiger partial charge in [-0.2, -0.15) is 0 Å². The van der Waals surface area contributed by atoms with E-state index in [1.54, 1.807) is 26.5 Å². The van der Waals surface area contributed by atoms with Crippen molar-refractivity contribution in [2.75, 3.05) is 46.9 Å². The third-order valence-corrected chi connectivity index (χ3v) is 8.66. The predicted octanol–water partition coefficient (Wildman–Crippen LogP) is 2.81. The maximum atomic E-state index is 10.0. The van der Waals surface area contributed by atoms with Gasteiger partial charge in [-0.1, -0.05) is 12.1 Å². The molecule has 0 radical (unpaired) electrons. The fourth-order valence-corrected chi connectivity index (χ4v) is 5.05. The van der Waals surface area contributed by atoms with Crippen molar-refractivity contribution in [2.45, 2.75) is 25.6 Å². The van der Waals surface area contributed by atoms with Crippen LogP contribution in [-0.4, -0.2) is 75.4 Å². The van der Waals surface area contributed by atoms with Crippen LogP contribution in [-0.2, 0) is 15.4 Å². The largest absolute Gasteiger partial charge is 0.506 e. The van der Waals surface area contributed by atoms with Gasteiger partial charge in [0.05, 0.1) is 0 Å². The average molecular weight is 390 g/mol. The summed E-state index contributed by atoms with van der Waals surface area (Å²) in [5.41, 5.74) is 1.92. The van der Waals surface area contributed by atoms with Crippen LogP contribution < -0.4 is 0 Å². The van der Waals surface area contributed by atoms with E-state index in [0.717, 1.165) is 57.1 Å². The summed E-state index contributed by atoms with van der Waals surface area (Å²) in [6.45, 7) is 8.43. The SMILES string of the molecule is CO[Si](C)(CCCN1CCN(Cc2ccc(O)c3ncccc23)CC1)OC. The summed E-state index contributed by atoms with van der Waals surface area (Å²) >= 11 is 0. The molecule has 148 valence electrons. The van der Waals surface area contributed by atoms with Crippen LogP contribution in [0.4, 0.5) is 0 Å². The number of benzene rings is 1. The molecule has 0 bridgehead atoms. The van der Waals surface area contributed by atoms with Crippen molar-refractivity contribution in [3.05, 3.63) is 36.0 Å². The van der Waals surface area contributed by atoms with Crippen LogP contribution in [0.1, 0.15) is 12.0 Å². The number of fused-ring (bicyclic) bond motifs is 1. The molecule has 0 saturated carbocycles. The molecule has 1 aliphatic heterocycles. The van der Waals surface area contributed by atoms with E-state index in [1.165, 1.54) is 5.56 Å². The first-order valence-corrected chi connectivity index (χ1v) is 12.2. The summed E-state index contributed by atoms with van der Waals surface area (Å²) in [5.74, 6) is 0.252. The van der Waals surface area contributed by atoms with Crippen molar-refractivity contribution in [2.24, 2.45) is 0 Å². The first kappa shape index (κ1) is 20.2. The monoisotopic (exact) mass is 389 g/mol. The van der Waals surface area contributed by atoms with Gasteiger partial charge in [-0.25, -0.2) is 0 Å². The van der Waals surface area contributed by atoms with E-state index in [1.807, 2.05) is 18.2 Å². The van der Waals surface area contributed by atoms with Gasteiger partial charge in [-0.05, 0) is 43.3 Å². The first-order chi connectivity index (χ1) is 13.0. The number of hydrogen-bond donors (Lipinski definition) is 1. The predicted molar refractivity (Wildman–Crippen MR) is 110 cm³/mol. The zero-order valence-corrected chi connectivity index (χ0v) is 17.6. The van der Waals surface area contributed by atoms with Crippen molar-refractivity contribution in [3.8, 4) is 5.75 Å². The zero-order valence-electron chi connectivity index (χ0n) is 16.6. The van der Waals surface area contributed by atoms with Crippen molar-refractivity contribution >= 4 is 19.5 Å². The Kier molecular flexibility index (Phi) is 6.83. The molecule has 1 N–H and O–H groups in total. The zero-order chi connectivity index (χ0) is 19.3. The van der Waals surface area contributed by atoms with E-state index >= 15 is 0 Å². The van der Waals surface area contributed by atoms with Gasteiger partial charge >= 0.3 is 8.56 Å². The Balaban J connectivity index is 1.50. The van der Waals surface area contributed by atoms with E-state index in [9.17, 15) is 5.11 Å². The number of aromatic nitrogens is 1. The lowest BCUT2D eigenvalue weighted by Gasteiger charge is -2.35. The molecule has 1 aliphatic rings. The quantitative estimate of drug-likeness (QED) is 0.701. The van der Waals surface area contributed by atoms with Crippen LogP contribution in [0.2, 0.25) is 12.6 Å². The number of rotatable bonds is 8. The second kappa shape index (κ2) is 9.12. The summed E-state index contributed by atoms with van der Waals surface area (Å²) in [6, 6.07) is 8.78. The molecule has 1 fully saturated rings. The van der Waals surface area contributed by atoms with E-state index in [-0.39, 0.29) is 5.75 Å². The molecular weight excluding hydrogens is 358 g/mol. The van der Waals surface area contributed by atoms with Gasteiger partial charge in [0.25, 0.3) is 0 Å². The third-order valence-electron chi connectivity index (χ3n) is 5.67. The van der Waals surface area contributed by atoms with Crippen LogP contribution in [0, 0.1) is 0 Å². The van der Waals surface area contributed by atoms with Crippen LogP contribution in [0.5, 0.6) is 5.75 Å². The summed E-state index contributed by atoms with van der Waals surface area (Å²) in [6.07, 6.45) is 2.85. The van der Waals surface area contributed by atoms with Gasteiger partial charge in [0.15, 0.2) is 0 Å². The molecule has 7 heteroatoms. The number of phenolic OH excluding ortho intramolecular Hbond substituents is 1. The Labute approximate surface area is 163 Å². The molecule has 1 aromatic heterocycles. The Morgan fingerprint density at radius 3 is 2.48 bits per heavy atom. The molecule has 0 unspecified atom stereocenters. The first-order valence-electron chi connectivity index (χ1n) is 9.65. The highest BCUT2D eigenvalue weighted by Gasteiger charge is 2.28. The van der Waals surface area contributed by atoms with Gasteiger partial charge in [0, 0.05) is 58.5 Å². The lowest BCUT2D eigenvalue weighted by molar-refractivity contribution is 0.126. The van der Waals surface area contributed by atoms with Crippen LogP contribution >= 0.6 is 0 Å². The Morgan fingerprint density at radius 2 is 1.78 bits per heavy atom. The van der Waals surface area contributed by atoms with Gasteiger partial charge in [-0.3, -0.25) is 9.88 Å². The van der Waals surface area contributed by atoms with Gasteiger partial charge < -0.3 is 18.9 Å². The van der Waals surface area contributed by atoms with E-state index < -0.39 is 8.56 Å². The Hall–Kier alpha value is -1.51. The molecule has 27 heavy (non-hydrogen) atoms. The number of phenols is 1. The van der Waals surface area contributed by atoms with Crippen molar-refractivity contribution in [1.82, 2.24) is 14.8 Å². The highest BCUT2D eigenvalue weighted by Crippen LogP contribution is 2.26. The topological polar surface area (TPSA) is 58.1 Å². The Morgan fingerprint density at radius 1 is 1.07 bits per heavy atom. The number of nitrogens with zero attached hydrogens (tertiary/aromatic N) is 3. The van der Waals surface area contributed by atoms with E-state index in [4.69, 9.17) is 8.85 Å². The molecule has 0 aliphatic carbocycles. The summed E-state index contributed by atoms with van der Waals surface area (Å²) in [7, 11) is 1.58. The molecule has 1 saturated heterocycles. The average Bonchev–Trinajstić information content (AvgIpc) is 2.71. The molecule has 2 aromatic rings. The summed E-state index contributed by atoms with van der Waals surface area (Å²) in [5, 5.41) is 11.1. The number of pyridine rings is 1. The van der Waals surface area contributed by atoms with Gasteiger partial charge in [0.1, 0.15) is 11.3 Å². The fourth-order valence-electron chi connectivity index (χ4n) is 3.68. The maximum absolute atomic E-state index is 10.0. The fraction of sp³-hybridized carbons (Fsp3) is 0.550. The normalized spacial score (nSPS) is 16.9. The van der Waals surface area contributed by atoms with Crippen molar-refractivity contribution in [1.29, 1.82) is 0 Å². The highest BCUT2D eigenvalue weighted by atomic mass is 28.4. The van der Waals surface area contributed by atoms with Crippen LogP contribution in [0.15, 0.2) is 30.5 Å².